The number of rotatable bonds is 7. The zero-order chi connectivity index (χ0) is 21.7. The van der Waals surface area contributed by atoms with Crippen LogP contribution in [-0.2, 0) is 9.84 Å². The molecule has 0 aliphatic carbocycles. The van der Waals surface area contributed by atoms with Crippen LogP contribution in [0.15, 0.2) is 82.6 Å². The molecule has 0 aromatic heterocycles. The van der Waals surface area contributed by atoms with Gasteiger partial charge >= 0.3 is 0 Å². The van der Waals surface area contributed by atoms with Crippen molar-refractivity contribution in [3.63, 3.8) is 0 Å². The van der Waals surface area contributed by atoms with Crippen LogP contribution in [0.1, 0.15) is 34.6 Å². The normalized spacial score (nSPS) is 11.0. The fourth-order valence-electron chi connectivity index (χ4n) is 2.89. The van der Waals surface area contributed by atoms with Gasteiger partial charge in [0.25, 0.3) is 5.91 Å². The lowest BCUT2D eigenvalue weighted by Crippen LogP contribution is -2.12. The van der Waals surface area contributed by atoms with Crippen LogP contribution in [-0.4, -0.2) is 26.7 Å². The Morgan fingerprint density at radius 3 is 1.87 bits per heavy atom. The minimum atomic E-state index is -3.66. The van der Waals surface area contributed by atoms with Crippen LogP contribution in [0.4, 0.5) is 11.4 Å². The summed E-state index contributed by atoms with van der Waals surface area (Å²) in [6.07, 6.45) is 0. The molecule has 7 heteroatoms. The summed E-state index contributed by atoms with van der Waals surface area (Å²) in [5.41, 5.74) is 2.10. The van der Waals surface area contributed by atoms with Crippen LogP contribution in [0.5, 0.6) is 0 Å². The van der Waals surface area contributed by atoms with Gasteiger partial charge in [-0.25, -0.2) is 8.42 Å². The first-order chi connectivity index (χ1) is 14.3. The molecule has 0 saturated heterocycles. The molecule has 30 heavy (non-hydrogen) atoms. The summed E-state index contributed by atoms with van der Waals surface area (Å²) in [5, 5.41) is 5.83. The Morgan fingerprint density at radius 1 is 0.800 bits per heavy atom. The molecule has 1 amide bonds. The van der Waals surface area contributed by atoms with E-state index in [0.717, 1.165) is 12.2 Å². The standard InChI is InChI=1S/C23H22N2O4S/c1-3-24-19-7-11-21(12-8-19)30(28,29)22-13-9-20(10-14-22)25-23(27)18-6-4-5-17(15-18)16(2)26/h4-15,24H,3H2,1-2H3,(H,25,27). The third-order valence-electron chi connectivity index (χ3n) is 4.50. The van der Waals surface area contributed by atoms with Crippen molar-refractivity contribution in [3.8, 4) is 0 Å². The third-order valence-corrected chi connectivity index (χ3v) is 6.28. The van der Waals surface area contributed by atoms with Gasteiger partial charge < -0.3 is 10.6 Å². The van der Waals surface area contributed by atoms with Crippen molar-refractivity contribution in [2.75, 3.05) is 17.2 Å². The smallest absolute Gasteiger partial charge is 0.255 e. The quantitative estimate of drug-likeness (QED) is 0.551. The molecule has 0 aliphatic heterocycles. The summed E-state index contributed by atoms with van der Waals surface area (Å²) in [6.45, 7) is 4.15. The molecule has 0 fully saturated rings. The van der Waals surface area contributed by atoms with E-state index < -0.39 is 9.84 Å². The summed E-state index contributed by atoms with van der Waals surface area (Å²) >= 11 is 0. The molecule has 0 atom stereocenters. The van der Waals surface area contributed by atoms with Crippen LogP contribution in [0.3, 0.4) is 0 Å². The van der Waals surface area contributed by atoms with Crippen LogP contribution >= 0.6 is 0 Å². The van der Waals surface area contributed by atoms with Gasteiger partial charge in [-0.15, -0.1) is 0 Å². The van der Waals surface area contributed by atoms with Crippen LogP contribution in [0, 0.1) is 0 Å². The molecule has 3 rings (SSSR count). The largest absolute Gasteiger partial charge is 0.385 e. The maximum Gasteiger partial charge on any atom is 0.255 e. The molecule has 6 nitrogen and oxygen atoms in total. The van der Waals surface area contributed by atoms with Crippen molar-refractivity contribution in [1.29, 1.82) is 0 Å². The third kappa shape index (κ3) is 4.75. The Balaban J connectivity index is 1.76. The fourth-order valence-corrected chi connectivity index (χ4v) is 4.15. The van der Waals surface area contributed by atoms with Crippen molar-refractivity contribution in [2.24, 2.45) is 0 Å². The molecule has 0 heterocycles. The zero-order valence-corrected chi connectivity index (χ0v) is 17.5. The van der Waals surface area contributed by atoms with Crippen molar-refractivity contribution >= 4 is 32.9 Å². The Hall–Kier alpha value is -3.45. The molecule has 0 spiro atoms. The highest BCUT2D eigenvalue weighted by atomic mass is 32.2. The molecule has 0 radical (unpaired) electrons. The second kappa shape index (κ2) is 8.92. The monoisotopic (exact) mass is 422 g/mol. The van der Waals surface area contributed by atoms with E-state index in [0.29, 0.717) is 16.8 Å². The molecular weight excluding hydrogens is 400 g/mol. The van der Waals surface area contributed by atoms with E-state index >= 15 is 0 Å². The number of nitrogens with one attached hydrogen (secondary N) is 2. The summed E-state index contributed by atoms with van der Waals surface area (Å²) in [4.78, 5) is 24.2. The van der Waals surface area contributed by atoms with Crippen LogP contribution in [0.2, 0.25) is 0 Å². The molecule has 154 valence electrons. The lowest BCUT2D eigenvalue weighted by molar-refractivity contribution is 0.101. The van der Waals surface area contributed by atoms with E-state index in [1.807, 2.05) is 6.92 Å². The van der Waals surface area contributed by atoms with Gasteiger partial charge in [-0.05, 0) is 74.5 Å². The highest BCUT2D eigenvalue weighted by molar-refractivity contribution is 7.91. The van der Waals surface area contributed by atoms with Gasteiger partial charge in [0.1, 0.15) is 0 Å². The van der Waals surface area contributed by atoms with E-state index in [2.05, 4.69) is 10.6 Å². The molecular formula is C23H22N2O4S. The van der Waals surface area contributed by atoms with Gasteiger partial charge in [0.15, 0.2) is 5.78 Å². The van der Waals surface area contributed by atoms with E-state index in [1.54, 1.807) is 42.5 Å². The number of hydrogen-bond acceptors (Lipinski definition) is 5. The maximum atomic E-state index is 12.8. The highest BCUT2D eigenvalue weighted by Gasteiger charge is 2.18. The van der Waals surface area contributed by atoms with Crippen molar-refractivity contribution in [2.45, 2.75) is 23.6 Å². The average molecular weight is 423 g/mol. The first-order valence-corrected chi connectivity index (χ1v) is 10.9. The second-order valence-corrected chi connectivity index (χ2v) is 8.62. The number of amides is 1. The van der Waals surface area contributed by atoms with Gasteiger partial charge in [0.2, 0.25) is 9.84 Å². The van der Waals surface area contributed by atoms with E-state index in [9.17, 15) is 18.0 Å². The van der Waals surface area contributed by atoms with E-state index in [4.69, 9.17) is 0 Å². The number of carbonyl (C=O) groups excluding carboxylic acids is 2. The summed E-state index contributed by atoms with van der Waals surface area (Å²) < 4.78 is 25.6. The second-order valence-electron chi connectivity index (χ2n) is 6.67. The van der Waals surface area contributed by atoms with Crippen molar-refractivity contribution < 1.29 is 18.0 Å². The Kier molecular flexibility index (Phi) is 6.32. The zero-order valence-electron chi connectivity index (χ0n) is 16.7. The number of Topliss-reactive ketones (excluding diaryl/α,β-unsaturated/α-hetero) is 1. The average Bonchev–Trinajstić information content (AvgIpc) is 2.75. The minimum Gasteiger partial charge on any atom is -0.385 e. The number of benzene rings is 3. The Labute approximate surface area is 175 Å². The SMILES string of the molecule is CCNc1ccc(S(=O)(=O)c2ccc(NC(=O)c3cccc(C(C)=O)c3)cc2)cc1. The molecule has 0 unspecified atom stereocenters. The summed E-state index contributed by atoms with van der Waals surface area (Å²) in [6, 6.07) is 19.0. The van der Waals surface area contributed by atoms with Crippen molar-refractivity contribution in [3.05, 3.63) is 83.9 Å². The number of hydrogen-bond donors (Lipinski definition) is 2. The number of carbonyl (C=O) groups is 2. The molecule has 3 aromatic rings. The fraction of sp³-hybridized carbons (Fsp3) is 0.130. The summed E-state index contributed by atoms with van der Waals surface area (Å²) in [5.74, 6) is -0.509. The van der Waals surface area contributed by atoms with Crippen LogP contribution < -0.4 is 10.6 Å². The molecule has 2 N–H and O–H groups in total. The molecule has 0 bridgehead atoms. The van der Waals surface area contributed by atoms with Gasteiger partial charge in [-0.3, -0.25) is 9.59 Å². The lowest BCUT2D eigenvalue weighted by Gasteiger charge is -2.09. The Bertz CT molecular complexity index is 1170. The van der Waals surface area contributed by atoms with E-state index in [-0.39, 0.29) is 21.5 Å². The highest BCUT2D eigenvalue weighted by Crippen LogP contribution is 2.24. The van der Waals surface area contributed by atoms with Gasteiger partial charge in [-0.1, -0.05) is 12.1 Å². The predicted molar refractivity (Wildman–Crippen MR) is 117 cm³/mol. The predicted octanol–water partition coefficient (Wildman–Crippen LogP) is 4.41. The van der Waals surface area contributed by atoms with E-state index in [1.165, 1.54) is 37.3 Å². The summed E-state index contributed by atoms with van der Waals surface area (Å²) in [7, 11) is -3.66. The first-order valence-electron chi connectivity index (χ1n) is 9.42. The maximum absolute atomic E-state index is 12.8. The van der Waals surface area contributed by atoms with Gasteiger partial charge in [-0.2, -0.15) is 0 Å². The minimum absolute atomic E-state index is 0.127. The number of sulfone groups is 1. The first kappa shape index (κ1) is 21.3. The topological polar surface area (TPSA) is 92.3 Å². The number of anilines is 2. The van der Waals surface area contributed by atoms with Crippen LogP contribution in [0.25, 0.3) is 0 Å². The van der Waals surface area contributed by atoms with Gasteiger partial charge in [0, 0.05) is 29.0 Å². The lowest BCUT2D eigenvalue weighted by atomic mass is 10.1. The molecule has 0 aliphatic rings. The Morgan fingerprint density at radius 2 is 1.33 bits per heavy atom. The number of ketones is 1. The molecule has 0 saturated carbocycles. The molecule has 3 aromatic carbocycles. The van der Waals surface area contributed by atoms with Crippen molar-refractivity contribution in [1.82, 2.24) is 0 Å². The van der Waals surface area contributed by atoms with Gasteiger partial charge in [0.05, 0.1) is 9.79 Å².